The molecule has 0 amide bonds. The number of rotatable bonds is 5. The summed E-state index contributed by atoms with van der Waals surface area (Å²) in [5.74, 6) is 0.810. The Morgan fingerprint density at radius 1 is 1.44 bits per heavy atom. The lowest BCUT2D eigenvalue weighted by atomic mass is 9.99. The molecule has 1 aromatic carbocycles. The molecule has 1 N–H and O–H groups in total. The van der Waals surface area contributed by atoms with Crippen LogP contribution in [0.4, 0.5) is 0 Å². The maximum Gasteiger partial charge on any atom is 0.121 e. The van der Waals surface area contributed by atoms with Gasteiger partial charge in [-0.05, 0) is 42.9 Å². The summed E-state index contributed by atoms with van der Waals surface area (Å²) in [6, 6.07) is 10.4. The molecule has 1 aliphatic carbocycles. The van der Waals surface area contributed by atoms with E-state index in [4.69, 9.17) is 0 Å². The van der Waals surface area contributed by atoms with Gasteiger partial charge in [-0.1, -0.05) is 31.2 Å². The number of hydrogen-bond donors (Lipinski definition) is 1. The SMILES string of the molecule is CCc1ccccc1C(C#N)NCC1CC1. The van der Waals surface area contributed by atoms with Crippen molar-refractivity contribution in [2.45, 2.75) is 32.2 Å². The van der Waals surface area contributed by atoms with Crippen molar-refractivity contribution in [3.8, 4) is 6.07 Å². The Morgan fingerprint density at radius 3 is 2.81 bits per heavy atom. The second kappa shape index (κ2) is 5.14. The highest BCUT2D eigenvalue weighted by Gasteiger charge is 2.23. The Morgan fingerprint density at radius 2 is 2.19 bits per heavy atom. The highest BCUT2D eigenvalue weighted by molar-refractivity contribution is 5.33. The van der Waals surface area contributed by atoms with Crippen molar-refractivity contribution in [2.75, 3.05) is 6.54 Å². The molecule has 0 saturated heterocycles. The second-order valence-electron chi connectivity index (χ2n) is 4.47. The van der Waals surface area contributed by atoms with E-state index in [1.807, 2.05) is 12.1 Å². The molecular formula is C14H18N2. The van der Waals surface area contributed by atoms with Gasteiger partial charge in [0.2, 0.25) is 0 Å². The maximum absolute atomic E-state index is 9.22. The number of aryl methyl sites for hydroxylation is 1. The fourth-order valence-electron chi connectivity index (χ4n) is 1.97. The smallest absolute Gasteiger partial charge is 0.121 e. The number of nitrogens with one attached hydrogen (secondary N) is 1. The predicted molar refractivity (Wildman–Crippen MR) is 64.9 cm³/mol. The standard InChI is InChI=1S/C14H18N2/c1-2-12-5-3-4-6-13(12)14(9-15)16-10-11-7-8-11/h3-6,11,14,16H,2,7-8,10H2,1H3. The molecule has 16 heavy (non-hydrogen) atoms. The zero-order valence-electron chi connectivity index (χ0n) is 9.74. The van der Waals surface area contributed by atoms with Gasteiger partial charge in [-0.15, -0.1) is 0 Å². The van der Waals surface area contributed by atoms with Gasteiger partial charge < -0.3 is 0 Å². The molecule has 2 nitrogen and oxygen atoms in total. The van der Waals surface area contributed by atoms with Gasteiger partial charge in [-0.3, -0.25) is 5.32 Å². The van der Waals surface area contributed by atoms with Crippen molar-refractivity contribution < 1.29 is 0 Å². The first kappa shape index (κ1) is 11.2. The molecule has 0 spiro atoms. The molecule has 1 aliphatic rings. The molecule has 0 radical (unpaired) electrons. The van der Waals surface area contributed by atoms with Gasteiger partial charge in [-0.2, -0.15) is 5.26 Å². The van der Waals surface area contributed by atoms with E-state index in [2.05, 4.69) is 30.4 Å². The number of hydrogen-bond acceptors (Lipinski definition) is 2. The van der Waals surface area contributed by atoms with Gasteiger partial charge in [0.1, 0.15) is 6.04 Å². The Balaban J connectivity index is 2.08. The lowest BCUT2D eigenvalue weighted by Gasteiger charge is -2.14. The fourth-order valence-corrected chi connectivity index (χ4v) is 1.97. The van der Waals surface area contributed by atoms with Crippen LogP contribution in [0.2, 0.25) is 0 Å². The largest absolute Gasteiger partial charge is 0.298 e. The molecule has 0 aliphatic heterocycles. The molecule has 1 aromatic rings. The van der Waals surface area contributed by atoms with Crippen molar-refractivity contribution in [1.29, 1.82) is 5.26 Å². The minimum absolute atomic E-state index is 0.142. The lowest BCUT2D eigenvalue weighted by molar-refractivity contribution is 0.590. The lowest BCUT2D eigenvalue weighted by Crippen LogP contribution is -2.23. The molecule has 1 atom stereocenters. The normalized spacial score (nSPS) is 16.8. The van der Waals surface area contributed by atoms with E-state index in [1.165, 1.54) is 18.4 Å². The van der Waals surface area contributed by atoms with E-state index < -0.39 is 0 Å². The summed E-state index contributed by atoms with van der Waals surface area (Å²) in [4.78, 5) is 0. The van der Waals surface area contributed by atoms with E-state index in [9.17, 15) is 5.26 Å². The molecule has 0 aromatic heterocycles. The monoisotopic (exact) mass is 214 g/mol. The zero-order valence-corrected chi connectivity index (χ0v) is 9.74. The summed E-state index contributed by atoms with van der Waals surface area (Å²) in [6.45, 7) is 3.12. The van der Waals surface area contributed by atoms with Crippen LogP contribution in [0, 0.1) is 17.2 Å². The van der Waals surface area contributed by atoms with Crippen LogP contribution in [0.1, 0.15) is 36.9 Å². The van der Waals surface area contributed by atoms with E-state index in [1.54, 1.807) is 0 Å². The molecule has 1 saturated carbocycles. The van der Waals surface area contributed by atoms with Gasteiger partial charge in [0, 0.05) is 0 Å². The Bertz CT molecular complexity index is 388. The molecule has 2 heteroatoms. The molecule has 0 bridgehead atoms. The third-order valence-corrected chi connectivity index (χ3v) is 3.18. The molecular weight excluding hydrogens is 196 g/mol. The Hall–Kier alpha value is -1.33. The van der Waals surface area contributed by atoms with Gasteiger partial charge >= 0.3 is 0 Å². The summed E-state index contributed by atoms with van der Waals surface area (Å²) in [7, 11) is 0. The Kier molecular flexibility index (Phi) is 3.58. The van der Waals surface area contributed by atoms with Crippen LogP contribution in [-0.4, -0.2) is 6.54 Å². The topological polar surface area (TPSA) is 35.8 Å². The van der Waals surface area contributed by atoms with Crippen LogP contribution >= 0.6 is 0 Å². The first-order chi connectivity index (χ1) is 7.85. The first-order valence-corrected chi connectivity index (χ1v) is 6.06. The number of nitrogens with zero attached hydrogens (tertiary/aromatic N) is 1. The fraction of sp³-hybridized carbons (Fsp3) is 0.500. The van der Waals surface area contributed by atoms with Crippen LogP contribution in [0.15, 0.2) is 24.3 Å². The van der Waals surface area contributed by atoms with Crippen LogP contribution in [0.25, 0.3) is 0 Å². The molecule has 0 heterocycles. The first-order valence-electron chi connectivity index (χ1n) is 6.06. The van der Waals surface area contributed by atoms with E-state index in [-0.39, 0.29) is 6.04 Å². The summed E-state index contributed by atoms with van der Waals surface area (Å²) >= 11 is 0. The maximum atomic E-state index is 9.22. The summed E-state index contributed by atoms with van der Waals surface area (Å²) in [6.07, 6.45) is 3.63. The highest BCUT2D eigenvalue weighted by atomic mass is 14.9. The molecule has 2 rings (SSSR count). The van der Waals surface area contributed by atoms with Crippen molar-refractivity contribution >= 4 is 0 Å². The number of nitriles is 1. The second-order valence-corrected chi connectivity index (χ2v) is 4.47. The quantitative estimate of drug-likeness (QED) is 0.818. The average molecular weight is 214 g/mol. The van der Waals surface area contributed by atoms with Crippen LogP contribution < -0.4 is 5.32 Å². The number of benzene rings is 1. The van der Waals surface area contributed by atoms with Gasteiger partial charge in [0.15, 0.2) is 0 Å². The highest BCUT2D eigenvalue weighted by Crippen LogP contribution is 2.29. The minimum Gasteiger partial charge on any atom is -0.298 e. The Labute approximate surface area is 97.3 Å². The predicted octanol–water partition coefficient (Wildman–Crippen LogP) is 2.81. The van der Waals surface area contributed by atoms with Crippen molar-refractivity contribution in [1.82, 2.24) is 5.32 Å². The van der Waals surface area contributed by atoms with Crippen molar-refractivity contribution in [3.63, 3.8) is 0 Å². The van der Waals surface area contributed by atoms with Crippen LogP contribution in [0.5, 0.6) is 0 Å². The van der Waals surface area contributed by atoms with Crippen LogP contribution in [-0.2, 0) is 6.42 Å². The van der Waals surface area contributed by atoms with Gasteiger partial charge in [-0.25, -0.2) is 0 Å². The van der Waals surface area contributed by atoms with Crippen molar-refractivity contribution in [2.24, 2.45) is 5.92 Å². The van der Waals surface area contributed by atoms with Gasteiger partial charge in [0.05, 0.1) is 6.07 Å². The molecule has 84 valence electrons. The summed E-state index contributed by atoms with van der Waals surface area (Å²) in [5.41, 5.74) is 2.42. The van der Waals surface area contributed by atoms with E-state index in [0.717, 1.165) is 24.4 Å². The molecule has 1 unspecified atom stereocenters. The zero-order chi connectivity index (χ0) is 11.4. The minimum atomic E-state index is -0.142. The summed E-state index contributed by atoms with van der Waals surface area (Å²) in [5, 5.41) is 12.6. The van der Waals surface area contributed by atoms with Crippen LogP contribution in [0.3, 0.4) is 0 Å². The van der Waals surface area contributed by atoms with Crippen molar-refractivity contribution in [3.05, 3.63) is 35.4 Å². The van der Waals surface area contributed by atoms with E-state index in [0.29, 0.717) is 0 Å². The molecule has 1 fully saturated rings. The van der Waals surface area contributed by atoms with Gasteiger partial charge in [0.25, 0.3) is 0 Å². The van der Waals surface area contributed by atoms with E-state index >= 15 is 0 Å². The third kappa shape index (κ3) is 2.62. The average Bonchev–Trinajstić information content (AvgIpc) is 3.14. The third-order valence-electron chi connectivity index (χ3n) is 3.18. The summed E-state index contributed by atoms with van der Waals surface area (Å²) < 4.78 is 0.